The zero-order valence-electron chi connectivity index (χ0n) is 13.6. The Morgan fingerprint density at radius 3 is 2.44 bits per heavy atom. The van der Waals surface area contributed by atoms with Crippen molar-refractivity contribution >= 4 is 23.2 Å². The standard InChI is InChI=1S/C18H17FN4OS/c1-2-23-17(13-5-9-15(20)10-6-13)21-22-18(23)25-11-16(24)12-3-7-14(19)8-4-12/h3-10H,2,11,20H2,1H3. The lowest BCUT2D eigenvalue weighted by atomic mass is 10.1. The molecule has 0 radical (unpaired) electrons. The summed E-state index contributed by atoms with van der Waals surface area (Å²) in [5.41, 5.74) is 7.80. The summed E-state index contributed by atoms with van der Waals surface area (Å²) in [7, 11) is 0. The third-order valence-electron chi connectivity index (χ3n) is 3.70. The lowest BCUT2D eigenvalue weighted by Gasteiger charge is -2.07. The first-order valence-corrected chi connectivity index (χ1v) is 8.77. The second kappa shape index (κ2) is 7.48. The van der Waals surface area contributed by atoms with E-state index in [0.29, 0.717) is 23.0 Å². The first-order chi connectivity index (χ1) is 12.1. The first-order valence-electron chi connectivity index (χ1n) is 7.79. The van der Waals surface area contributed by atoms with E-state index in [1.165, 1.54) is 36.0 Å². The number of nitrogens with zero attached hydrogens (tertiary/aromatic N) is 3. The van der Waals surface area contributed by atoms with E-state index in [1.807, 2.05) is 35.8 Å². The highest BCUT2D eigenvalue weighted by Gasteiger charge is 2.15. The zero-order chi connectivity index (χ0) is 17.8. The second-order valence-electron chi connectivity index (χ2n) is 5.39. The van der Waals surface area contributed by atoms with Gasteiger partial charge in [0.15, 0.2) is 16.8 Å². The Bertz CT molecular complexity index is 875. The summed E-state index contributed by atoms with van der Waals surface area (Å²) in [6.45, 7) is 2.68. The molecule has 0 aliphatic heterocycles. The Labute approximate surface area is 149 Å². The summed E-state index contributed by atoms with van der Waals surface area (Å²) in [5, 5.41) is 9.11. The minimum absolute atomic E-state index is 0.0790. The van der Waals surface area contributed by atoms with E-state index in [4.69, 9.17) is 5.73 Å². The van der Waals surface area contributed by atoms with Crippen molar-refractivity contribution in [3.8, 4) is 11.4 Å². The number of carbonyl (C=O) groups excluding carboxylic acids is 1. The van der Waals surface area contributed by atoms with E-state index in [2.05, 4.69) is 10.2 Å². The predicted octanol–water partition coefficient (Wildman–Crippen LogP) is 3.66. The third-order valence-corrected chi connectivity index (χ3v) is 4.67. The van der Waals surface area contributed by atoms with Crippen LogP contribution in [0.25, 0.3) is 11.4 Å². The van der Waals surface area contributed by atoms with Gasteiger partial charge in [-0.15, -0.1) is 10.2 Å². The first kappa shape index (κ1) is 17.2. The molecule has 1 aromatic heterocycles. The van der Waals surface area contributed by atoms with Crippen molar-refractivity contribution in [1.82, 2.24) is 14.8 Å². The van der Waals surface area contributed by atoms with E-state index >= 15 is 0 Å². The molecule has 1 heterocycles. The quantitative estimate of drug-likeness (QED) is 0.414. The number of aromatic nitrogens is 3. The SMILES string of the molecule is CCn1c(SCC(=O)c2ccc(F)cc2)nnc1-c1ccc(N)cc1. The molecule has 0 fully saturated rings. The molecule has 0 atom stereocenters. The van der Waals surface area contributed by atoms with E-state index in [0.717, 1.165) is 11.4 Å². The molecule has 0 aliphatic rings. The number of benzene rings is 2. The van der Waals surface area contributed by atoms with Gasteiger partial charge in [-0.3, -0.25) is 4.79 Å². The average molecular weight is 356 g/mol. The summed E-state index contributed by atoms with van der Waals surface area (Å²) >= 11 is 1.32. The van der Waals surface area contributed by atoms with Gasteiger partial charge in [-0.2, -0.15) is 0 Å². The van der Waals surface area contributed by atoms with Crippen molar-refractivity contribution < 1.29 is 9.18 Å². The van der Waals surface area contributed by atoms with Gasteiger partial charge in [-0.05, 0) is 55.5 Å². The molecule has 7 heteroatoms. The maximum absolute atomic E-state index is 12.9. The Morgan fingerprint density at radius 2 is 1.80 bits per heavy atom. The van der Waals surface area contributed by atoms with Crippen LogP contribution < -0.4 is 5.73 Å². The van der Waals surface area contributed by atoms with Gasteiger partial charge in [0, 0.05) is 23.4 Å². The van der Waals surface area contributed by atoms with Crippen LogP contribution in [0.15, 0.2) is 53.7 Å². The molecule has 2 aromatic carbocycles. The van der Waals surface area contributed by atoms with Gasteiger partial charge in [0.05, 0.1) is 5.75 Å². The van der Waals surface area contributed by atoms with Crippen molar-refractivity contribution in [3.05, 3.63) is 59.9 Å². The largest absolute Gasteiger partial charge is 0.399 e. The average Bonchev–Trinajstić information content (AvgIpc) is 3.04. The molecule has 0 saturated heterocycles. The van der Waals surface area contributed by atoms with E-state index in [9.17, 15) is 9.18 Å². The Balaban J connectivity index is 1.76. The van der Waals surface area contributed by atoms with Crippen molar-refractivity contribution in [2.75, 3.05) is 11.5 Å². The van der Waals surface area contributed by atoms with Crippen LogP contribution in [0.3, 0.4) is 0 Å². The van der Waals surface area contributed by atoms with Crippen LogP contribution in [-0.2, 0) is 6.54 Å². The maximum Gasteiger partial charge on any atom is 0.191 e. The smallest absolute Gasteiger partial charge is 0.191 e. The summed E-state index contributed by atoms with van der Waals surface area (Å²) < 4.78 is 14.9. The molecule has 0 saturated carbocycles. The predicted molar refractivity (Wildman–Crippen MR) is 97.0 cm³/mol. The van der Waals surface area contributed by atoms with Gasteiger partial charge in [0.2, 0.25) is 0 Å². The number of Topliss-reactive ketones (excluding diaryl/α,β-unsaturated/α-hetero) is 1. The number of anilines is 1. The number of nitrogen functional groups attached to an aromatic ring is 1. The molecular formula is C18H17FN4OS. The molecule has 2 N–H and O–H groups in total. The number of nitrogens with two attached hydrogens (primary N) is 1. The minimum Gasteiger partial charge on any atom is -0.399 e. The zero-order valence-corrected chi connectivity index (χ0v) is 14.5. The van der Waals surface area contributed by atoms with Gasteiger partial charge in [-0.1, -0.05) is 11.8 Å². The highest BCUT2D eigenvalue weighted by molar-refractivity contribution is 7.99. The third kappa shape index (κ3) is 3.88. The number of ketones is 1. The van der Waals surface area contributed by atoms with Gasteiger partial charge < -0.3 is 10.3 Å². The molecule has 0 bridgehead atoms. The van der Waals surface area contributed by atoms with E-state index in [1.54, 1.807) is 0 Å². The summed E-state index contributed by atoms with van der Waals surface area (Å²) in [5.74, 6) is 0.512. The molecule has 128 valence electrons. The number of carbonyl (C=O) groups is 1. The number of halogens is 1. The Kier molecular flexibility index (Phi) is 5.14. The van der Waals surface area contributed by atoms with Gasteiger partial charge >= 0.3 is 0 Å². The van der Waals surface area contributed by atoms with Crippen molar-refractivity contribution in [2.24, 2.45) is 0 Å². The van der Waals surface area contributed by atoms with Crippen LogP contribution in [0.2, 0.25) is 0 Å². The lowest BCUT2D eigenvalue weighted by Crippen LogP contribution is -2.05. The molecule has 0 spiro atoms. The molecule has 0 unspecified atom stereocenters. The monoisotopic (exact) mass is 356 g/mol. The van der Waals surface area contributed by atoms with Crippen molar-refractivity contribution in [2.45, 2.75) is 18.6 Å². The Morgan fingerprint density at radius 1 is 1.12 bits per heavy atom. The second-order valence-corrected chi connectivity index (χ2v) is 6.33. The number of thioether (sulfide) groups is 1. The van der Waals surface area contributed by atoms with Gasteiger partial charge in [-0.25, -0.2) is 4.39 Å². The fourth-order valence-corrected chi connectivity index (χ4v) is 3.27. The van der Waals surface area contributed by atoms with Crippen LogP contribution in [0.5, 0.6) is 0 Å². The molecule has 3 rings (SSSR count). The van der Waals surface area contributed by atoms with Crippen molar-refractivity contribution in [3.63, 3.8) is 0 Å². The number of hydrogen-bond acceptors (Lipinski definition) is 5. The fraction of sp³-hybridized carbons (Fsp3) is 0.167. The summed E-state index contributed by atoms with van der Waals surface area (Å²) in [4.78, 5) is 12.2. The molecule has 0 amide bonds. The molecule has 3 aromatic rings. The van der Waals surface area contributed by atoms with E-state index in [-0.39, 0.29) is 17.4 Å². The van der Waals surface area contributed by atoms with Crippen molar-refractivity contribution in [1.29, 1.82) is 0 Å². The topological polar surface area (TPSA) is 73.8 Å². The van der Waals surface area contributed by atoms with Crippen LogP contribution in [0.1, 0.15) is 17.3 Å². The minimum atomic E-state index is -0.358. The molecule has 0 aliphatic carbocycles. The lowest BCUT2D eigenvalue weighted by molar-refractivity contribution is 0.102. The number of rotatable bonds is 6. The molecule has 25 heavy (non-hydrogen) atoms. The number of hydrogen-bond donors (Lipinski definition) is 1. The van der Waals surface area contributed by atoms with Crippen LogP contribution >= 0.6 is 11.8 Å². The Hall–Kier alpha value is -2.67. The normalized spacial score (nSPS) is 10.8. The summed E-state index contributed by atoms with van der Waals surface area (Å²) in [6, 6.07) is 13.0. The van der Waals surface area contributed by atoms with E-state index < -0.39 is 0 Å². The molecule has 5 nitrogen and oxygen atoms in total. The van der Waals surface area contributed by atoms with Gasteiger partial charge in [0.1, 0.15) is 5.82 Å². The van der Waals surface area contributed by atoms with Crippen LogP contribution in [0, 0.1) is 5.82 Å². The molecular weight excluding hydrogens is 339 g/mol. The highest BCUT2D eigenvalue weighted by Crippen LogP contribution is 2.25. The van der Waals surface area contributed by atoms with Gasteiger partial charge in [0.25, 0.3) is 0 Å². The highest BCUT2D eigenvalue weighted by atomic mass is 32.2. The van der Waals surface area contributed by atoms with Crippen LogP contribution in [-0.4, -0.2) is 26.3 Å². The van der Waals surface area contributed by atoms with Crippen LogP contribution in [0.4, 0.5) is 10.1 Å². The fourth-order valence-electron chi connectivity index (χ4n) is 2.38. The maximum atomic E-state index is 12.9. The summed E-state index contributed by atoms with van der Waals surface area (Å²) in [6.07, 6.45) is 0.